The number of aromatic nitrogens is 2. The molecule has 2 N–H and O–H groups in total. The van der Waals surface area contributed by atoms with Crippen molar-refractivity contribution in [3.8, 4) is 22.8 Å². The highest BCUT2D eigenvalue weighted by molar-refractivity contribution is 5.89. The molecule has 0 saturated heterocycles. The SMILES string of the molecule is COc1cccc(CNCC(O)COc2cccc(-c3noc4ncccc34)c2)c1. The molecular weight excluding hydrogens is 382 g/mol. The highest BCUT2D eigenvalue weighted by Gasteiger charge is 2.12. The van der Waals surface area contributed by atoms with Gasteiger partial charge in [0.2, 0.25) is 0 Å². The van der Waals surface area contributed by atoms with Crippen LogP contribution in [0.25, 0.3) is 22.4 Å². The number of benzene rings is 2. The fourth-order valence-corrected chi connectivity index (χ4v) is 3.14. The number of aliphatic hydroxyl groups excluding tert-OH is 1. The summed E-state index contributed by atoms with van der Waals surface area (Å²) in [6, 6.07) is 19.1. The lowest BCUT2D eigenvalue weighted by Gasteiger charge is -2.14. The molecule has 0 aliphatic rings. The normalized spacial score (nSPS) is 12.1. The second-order valence-electron chi connectivity index (χ2n) is 6.86. The zero-order valence-corrected chi connectivity index (χ0v) is 16.6. The van der Waals surface area contributed by atoms with Crippen LogP contribution in [-0.2, 0) is 6.54 Å². The third-order valence-electron chi connectivity index (χ3n) is 4.64. The summed E-state index contributed by atoms with van der Waals surface area (Å²) in [5, 5.41) is 18.4. The molecule has 0 saturated carbocycles. The molecule has 2 aromatic carbocycles. The van der Waals surface area contributed by atoms with Crippen LogP contribution in [0.4, 0.5) is 0 Å². The molecule has 0 bridgehead atoms. The van der Waals surface area contributed by atoms with E-state index >= 15 is 0 Å². The molecule has 0 spiro atoms. The van der Waals surface area contributed by atoms with Gasteiger partial charge >= 0.3 is 0 Å². The predicted octanol–water partition coefficient (Wildman–Crippen LogP) is 3.43. The summed E-state index contributed by atoms with van der Waals surface area (Å²) in [5.41, 5.74) is 3.16. The van der Waals surface area contributed by atoms with Gasteiger partial charge in [-0.25, -0.2) is 4.98 Å². The van der Waals surface area contributed by atoms with Gasteiger partial charge in [-0.3, -0.25) is 0 Å². The quantitative estimate of drug-likeness (QED) is 0.441. The van der Waals surface area contributed by atoms with Crippen molar-refractivity contribution in [2.24, 2.45) is 0 Å². The summed E-state index contributed by atoms with van der Waals surface area (Å²) >= 11 is 0. The Kier molecular flexibility index (Phi) is 6.22. The Morgan fingerprint density at radius 2 is 1.93 bits per heavy atom. The molecular formula is C23H23N3O4. The van der Waals surface area contributed by atoms with Crippen molar-refractivity contribution in [2.75, 3.05) is 20.3 Å². The van der Waals surface area contributed by atoms with Crippen LogP contribution in [0.2, 0.25) is 0 Å². The lowest BCUT2D eigenvalue weighted by molar-refractivity contribution is 0.106. The summed E-state index contributed by atoms with van der Waals surface area (Å²) in [6.45, 7) is 1.23. The maximum atomic E-state index is 10.2. The molecule has 0 aliphatic carbocycles. The van der Waals surface area contributed by atoms with Crippen molar-refractivity contribution in [3.05, 3.63) is 72.4 Å². The van der Waals surface area contributed by atoms with Gasteiger partial charge in [0, 0.05) is 24.8 Å². The number of nitrogens with zero attached hydrogens (tertiary/aromatic N) is 2. The smallest absolute Gasteiger partial charge is 0.258 e. The highest BCUT2D eigenvalue weighted by atomic mass is 16.5. The van der Waals surface area contributed by atoms with Crippen LogP contribution in [0, 0.1) is 0 Å². The Balaban J connectivity index is 1.31. The average molecular weight is 405 g/mol. The number of fused-ring (bicyclic) bond motifs is 1. The standard InChI is InChI=1S/C23H23N3O4/c1-28-19-7-2-5-16(11-19)13-24-14-18(27)15-29-20-8-3-6-17(12-20)22-21-9-4-10-25-23(21)30-26-22/h2-12,18,24,27H,13-15H2,1H3. The number of pyridine rings is 1. The second kappa shape index (κ2) is 9.39. The van der Waals surface area contributed by atoms with Gasteiger partial charge in [-0.15, -0.1) is 0 Å². The minimum atomic E-state index is -0.642. The molecule has 0 radical (unpaired) electrons. The first-order valence-corrected chi connectivity index (χ1v) is 9.68. The summed E-state index contributed by atoms with van der Waals surface area (Å²) in [5.74, 6) is 1.47. The highest BCUT2D eigenvalue weighted by Crippen LogP contribution is 2.29. The molecule has 1 unspecified atom stereocenters. The van der Waals surface area contributed by atoms with Gasteiger partial charge in [0.25, 0.3) is 5.71 Å². The van der Waals surface area contributed by atoms with E-state index in [-0.39, 0.29) is 6.61 Å². The average Bonchev–Trinajstić information content (AvgIpc) is 3.22. The number of hydrogen-bond donors (Lipinski definition) is 2. The van der Waals surface area contributed by atoms with Crippen LogP contribution in [0.3, 0.4) is 0 Å². The van der Waals surface area contributed by atoms with Gasteiger partial charge in [-0.1, -0.05) is 29.4 Å². The first-order valence-electron chi connectivity index (χ1n) is 9.68. The van der Waals surface area contributed by atoms with Gasteiger partial charge in [-0.05, 0) is 42.0 Å². The van der Waals surface area contributed by atoms with Gasteiger partial charge in [-0.2, -0.15) is 0 Å². The molecule has 4 aromatic rings. The summed E-state index contributed by atoms with van der Waals surface area (Å²) in [6.07, 6.45) is 1.02. The van der Waals surface area contributed by atoms with E-state index in [1.54, 1.807) is 13.3 Å². The molecule has 154 valence electrons. The van der Waals surface area contributed by atoms with Crippen LogP contribution < -0.4 is 14.8 Å². The Labute approximate surface area is 174 Å². The number of aliphatic hydroxyl groups is 1. The van der Waals surface area contributed by atoms with Crippen molar-refractivity contribution >= 4 is 11.1 Å². The maximum absolute atomic E-state index is 10.2. The number of hydrogen-bond acceptors (Lipinski definition) is 7. The molecule has 2 heterocycles. The van der Waals surface area contributed by atoms with E-state index in [0.29, 0.717) is 30.2 Å². The Bertz CT molecular complexity index is 1110. The van der Waals surface area contributed by atoms with Crippen LogP contribution >= 0.6 is 0 Å². The zero-order valence-electron chi connectivity index (χ0n) is 16.6. The van der Waals surface area contributed by atoms with Crippen molar-refractivity contribution in [2.45, 2.75) is 12.6 Å². The minimum absolute atomic E-state index is 0.176. The second-order valence-corrected chi connectivity index (χ2v) is 6.86. The van der Waals surface area contributed by atoms with Crippen LogP contribution in [-0.4, -0.2) is 41.6 Å². The van der Waals surface area contributed by atoms with Gasteiger partial charge < -0.3 is 24.4 Å². The molecule has 30 heavy (non-hydrogen) atoms. The van der Waals surface area contributed by atoms with Crippen molar-refractivity contribution < 1.29 is 19.1 Å². The molecule has 0 aliphatic heterocycles. The van der Waals surface area contributed by atoms with Crippen LogP contribution in [0.5, 0.6) is 11.5 Å². The lowest BCUT2D eigenvalue weighted by Crippen LogP contribution is -2.31. The first-order chi connectivity index (χ1) is 14.7. The van der Waals surface area contributed by atoms with E-state index in [9.17, 15) is 5.11 Å². The van der Waals surface area contributed by atoms with Gasteiger partial charge in [0.15, 0.2) is 0 Å². The largest absolute Gasteiger partial charge is 0.497 e. The molecule has 7 heteroatoms. The number of nitrogens with one attached hydrogen (secondary N) is 1. The lowest BCUT2D eigenvalue weighted by atomic mass is 10.1. The van der Waals surface area contributed by atoms with Crippen molar-refractivity contribution in [3.63, 3.8) is 0 Å². The molecule has 2 aromatic heterocycles. The molecule has 0 amide bonds. The molecule has 4 rings (SSSR count). The maximum Gasteiger partial charge on any atom is 0.258 e. The minimum Gasteiger partial charge on any atom is -0.497 e. The van der Waals surface area contributed by atoms with E-state index in [0.717, 1.165) is 22.3 Å². The van der Waals surface area contributed by atoms with Crippen LogP contribution in [0.1, 0.15) is 5.56 Å². The van der Waals surface area contributed by atoms with E-state index in [1.807, 2.05) is 60.7 Å². The topological polar surface area (TPSA) is 89.6 Å². The summed E-state index contributed by atoms with van der Waals surface area (Å²) < 4.78 is 16.3. The van der Waals surface area contributed by atoms with E-state index in [2.05, 4.69) is 15.5 Å². The van der Waals surface area contributed by atoms with Crippen molar-refractivity contribution in [1.82, 2.24) is 15.5 Å². The third kappa shape index (κ3) is 4.76. The Morgan fingerprint density at radius 3 is 2.83 bits per heavy atom. The molecule has 7 nitrogen and oxygen atoms in total. The Morgan fingerprint density at radius 1 is 1.07 bits per heavy atom. The van der Waals surface area contributed by atoms with Crippen LogP contribution in [0.15, 0.2) is 71.4 Å². The van der Waals surface area contributed by atoms with Crippen molar-refractivity contribution in [1.29, 1.82) is 0 Å². The number of methoxy groups -OCH3 is 1. The monoisotopic (exact) mass is 405 g/mol. The third-order valence-corrected chi connectivity index (χ3v) is 4.64. The first kappa shape index (κ1) is 19.9. The Hall–Kier alpha value is -3.42. The van der Waals surface area contributed by atoms with Gasteiger partial charge in [0.05, 0.1) is 12.5 Å². The van der Waals surface area contributed by atoms with E-state index in [1.165, 1.54) is 0 Å². The molecule has 0 fully saturated rings. The number of ether oxygens (including phenoxy) is 2. The molecule has 1 atom stereocenters. The zero-order chi connectivity index (χ0) is 20.8. The fraction of sp³-hybridized carbons (Fsp3) is 0.217. The fourth-order valence-electron chi connectivity index (χ4n) is 3.14. The van der Waals surface area contributed by atoms with Gasteiger partial charge in [0.1, 0.15) is 29.9 Å². The number of rotatable bonds is 9. The predicted molar refractivity (Wildman–Crippen MR) is 113 cm³/mol. The van der Waals surface area contributed by atoms with E-state index in [4.69, 9.17) is 14.0 Å². The van der Waals surface area contributed by atoms with E-state index < -0.39 is 6.10 Å². The summed E-state index contributed by atoms with van der Waals surface area (Å²) in [4.78, 5) is 4.16. The summed E-state index contributed by atoms with van der Waals surface area (Å²) in [7, 11) is 1.64.